The number of nitrogens with zero attached hydrogens (tertiary/aromatic N) is 1. The summed E-state index contributed by atoms with van der Waals surface area (Å²) in [6.45, 7) is 0.854. The van der Waals surface area contributed by atoms with Crippen LogP contribution in [0.5, 0.6) is 17.2 Å². The fourth-order valence-electron chi connectivity index (χ4n) is 3.42. The monoisotopic (exact) mass is 398 g/mol. The Kier molecular flexibility index (Phi) is 6.59. The predicted molar refractivity (Wildman–Crippen MR) is 110 cm³/mol. The van der Waals surface area contributed by atoms with E-state index in [9.17, 15) is 9.59 Å². The van der Waals surface area contributed by atoms with Crippen molar-refractivity contribution >= 4 is 17.5 Å². The number of ether oxygens (including phenoxy) is 3. The van der Waals surface area contributed by atoms with Crippen LogP contribution in [0.15, 0.2) is 42.5 Å². The SMILES string of the molecule is COc1cccc(N2C[C@H](C(=O)NCCc3ccc(OC)c(OC)c3)CC2=O)c1. The highest BCUT2D eigenvalue weighted by atomic mass is 16.5. The number of rotatable bonds is 8. The molecule has 1 atom stereocenters. The third-order valence-electron chi connectivity index (χ3n) is 5.02. The molecule has 1 heterocycles. The first-order chi connectivity index (χ1) is 14.0. The zero-order valence-corrected chi connectivity index (χ0v) is 16.9. The zero-order chi connectivity index (χ0) is 20.8. The molecule has 0 radical (unpaired) electrons. The average molecular weight is 398 g/mol. The number of anilines is 1. The first-order valence-electron chi connectivity index (χ1n) is 9.48. The van der Waals surface area contributed by atoms with Crippen molar-refractivity contribution in [2.24, 2.45) is 5.92 Å². The Balaban J connectivity index is 1.54. The van der Waals surface area contributed by atoms with E-state index < -0.39 is 0 Å². The van der Waals surface area contributed by atoms with Crippen LogP contribution in [0.3, 0.4) is 0 Å². The lowest BCUT2D eigenvalue weighted by Gasteiger charge is -2.17. The second kappa shape index (κ2) is 9.32. The van der Waals surface area contributed by atoms with Crippen molar-refractivity contribution in [2.45, 2.75) is 12.8 Å². The molecule has 0 bridgehead atoms. The Morgan fingerprint density at radius 1 is 1.07 bits per heavy atom. The summed E-state index contributed by atoms with van der Waals surface area (Å²) >= 11 is 0. The van der Waals surface area contributed by atoms with E-state index in [2.05, 4.69) is 5.32 Å². The molecule has 2 aromatic carbocycles. The van der Waals surface area contributed by atoms with Crippen LogP contribution in [0.25, 0.3) is 0 Å². The fraction of sp³-hybridized carbons (Fsp3) is 0.364. The molecule has 0 unspecified atom stereocenters. The quantitative estimate of drug-likeness (QED) is 0.739. The fourth-order valence-corrected chi connectivity index (χ4v) is 3.42. The average Bonchev–Trinajstić information content (AvgIpc) is 3.15. The Labute approximate surface area is 170 Å². The summed E-state index contributed by atoms with van der Waals surface area (Å²) in [5.41, 5.74) is 1.78. The van der Waals surface area contributed by atoms with Crippen LogP contribution in [0, 0.1) is 5.92 Å². The van der Waals surface area contributed by atoms with Crippen molar-refractivity contribution < 1.29 is 23.8 Å². The molecule has 1 N–H and O–H groups in total. The number of carbonyl (C=O) groups excluding carboxylic acids is 2. The van der Waals surface area contributed by atoms with Gasteiger partial charge in [0.2, 0.25) is 11.8 Å². The maximum absolute atomic E-state index is 12.5. The van der Waals surface area contributed by atoms with Gasteiger partial charge in [0.15, 0.2) is 11.5 Å². The zero-order valence-electron chi connectivity index (χ0n) is 16.9. The second-order valence-corrected chi connectivity index (χ2v) is 6.84. The highest BCUT2D eigenvalue weighted by molar-refractivity contribution is 6.00. The minimum absolute atomic E-state index is 0.0571. The molecule has 1 aliphatic heterocycles. The van der Waals surface area contributed by atoms with E-state index in [1.54, 1.807) is 32.3 Å². The summed E-state index contributed by atoms with van der Waals surface area (Å²) in [5.74, 6) is 1.48. The van der Waals surface area contributed by atoms with E-state index in [0.29, 0.717) is 36.8 Å². The van der Waals surface area contributed by atoms with E-state index in [0.717, 1.165) is 11.3 Å². The van der Waals surface area contributed by atoms with E-state index >= 15 is 0 Å². The van der Waals surface area contributed by atoms with Crippen molar-refractivity contribution in [1.29, 1.82) is 0 Å². The van der Waals surface area contributed by atoms with Gasteiger partial charge in [0.05, 0.1) is 27.2 Å². The normalized spacial score (nSPS) is 15.9. The highest BCUT2D eigenvalue weighted by Gasteiger charge is 2.35. The minimum Gasteiger partial charge on any atom is -0.497 e. The predicted octanol–water partition coefficient (Wildman–Crippen LogP) is 2.42. The van der Waals surface area contributed by atoms with Crippen LogP contribution in [-0.2, 0) is 16.0 Å². The van der Waals surface area contributed by atoms with Crippen molar-refractivity contribution in [3.05, 3.63) is 48.0 Å². The molecule has 1 saturated heterocycles. The summed E-state index contributed by atoms with van der Waals surface area (Å²) in [4.78, 5) is 26.6. The summed E-state index contributed by atoms with van der Waals surface area (Å²) < 4.78 is 15.8. The van der Waals surface area contributed by atoms with Gasteiger partial charge in [0.25, 0.3) is 0 Å². The molecular weight excluding hydrogens is 372 g/mol. The lowest BCUT2D eigenvalue weighted by Crippen LogP contribution is -2.34. The van der Waals surface area contributed by atoms with Crippen molar-refractivity contribution in [3.63, 3.8) is 0 Å². The molecular formula is C22H26N2O5. The standard InChI is InChI=1S/C22H26N2O5/c1-27-18-6-4-5-17(13-18)24-14-16(12-21(24)25)22(26)23-10-9-15-7-8-19(28-2)20(11-15)29-3/h4-8,11,13,16H,9-10,12,14H2,1-3H3,(H,23,26)/t16-/m1/s1. The molecule has 29 heavy (non-hydrogen) atoms. The van der Waals surface area contributed by atoms with Gasteiger partial charge in [-0.05, 0) is 36.2 Å². The van der Waals surface area contributed by atoms with Gasteiger partial charge in [-0.2, -0.15) is 0 Å². The van der Waals surface area contributed by atoms with Crippen LogP contribution in [0.2, 0.25) is 0 Å². The van der Waals surface area contributed by atoms with Crippen molar-refractivity contribution in [3.8, 4) is 17.2 Å². The van der Waals surface area contributed by atoms with Gasteiger partial charge in [0, 0.05) is 31.3 Å². The molecule has 2 aromatic rings. The lowest BCUT2D eigenvalue weighted by atomic mass is 10.1. The molecule has 7 heteroatoms. The van der Waals surface area contributed by atoms with E-state index in [-0.39, 0.29) is 24.2 Å². The third kappa shape index (κ3) is 4.80. The number of methoxy groups -OCH3 is 3. The summed E-state index contributed by atoms with van der Waals surface area (Å²) in [6, 6.07) is 13.0. The highest BCUT2D eigenvalue weighted by Crippen LogP contribution is 2.29. The van der Waals surface area contributed by atoms with Crippen LogP contribution in [0.4, 0.5) is 5.69 Å². The molecule has 2 amide bonds. The van der Waals surface area contributed by atoms with Crippen LogP contribution in [-0.4, -0.2) is 46.2 Å². The maximum Gasteiger partial charge on any atom is 0.227 e. The summed E-state index contributed by atoms with van der Waals surface area (Å²) in [6.07, 6.45) is 0.867. The molecule has 0 spiro atoms. The van der Waals surface area contributed by atoms with Gasteiger partial charge in [-0.25, -0.2) is 0 Å². The Morgan fingerprint density at radius 2 is 1.86 bits per heavy atom. The molecule has 0 aliphatic carbocycles. The molecule has 1 aliphatic rings. The van der Waals surface area contributed by atoms with E-state index in [1.807, 2.05) is 36.4 Å². The largest absolute Gasteiger partial charge is 0.497 e. The molecule has 154 valence electrons. The first-order valence-corrected chi connectivity index (χ1v) is 9.48. The summed E-state index contributed by atoms with van der Waals surface area (Å²) in [5, 5.41) is 2.94. The van der Waals surface area contributed by atoms with E-state index in [1.165, 1.54) is 0 Å². The van der Waals surface area contributed by atoms with Gasteiger partial charge < -0.3 is 24.4 Å². The van der Waals surface area contributed by atoms with Gasteiger partial charge in [-0.1, -0.05) is 12.1 Å². The number of hydrogen-bond acceptors (Lipinski definition) is 5. The molecule has 0 aromatic heterocycles. The topological polar surface area (TPSA) is 77.1 Å². The van der Waals surface area contributed by atoms with Gasteiger partial charge in [0.1, 0.15) is 5.75 Å². The molecule has 0 saturated carbocycles. The number of carbonyl (C=O) groups is 2. The van der Waals surface area contributed by atoms with Crippen molar-refractivity contribution in [1.82, 2.24) is 5.32 Å². The van der Waals surface area contributed by atoms with Gasteiger partial charge in [-0.3, -0.25) is 9.59 Å². The molecule has 1 fully saturated rings. The minimum atomic E-state index is -0.362. The molecule has 3 rings (SSSR count). The van der Waals surface area contributed by atoms with E-state index in [4.69, 9.17) is 14.2 Å². The van der Waals surface area contributed by atoms with Gasteiger partial charge >= 0.3 is 0 Å². The number of hydrogen-bond donors (Lipinski definition) is 1. The number of amides is 2. The Morgan fingerprint density at radius 3 is 2.59 bits per heavy atom. The number of benzene rings is 2. The molecule has 7 nitrogen and oxygen atoms in total. The lowest BCUT2D eigenvalue weighted by molar-refractivity contribution is -0.126. The smallest absolute Gasteiger partial charge is 0.227 e. The number of nitrogens with one attached hydrogen (secondary N) is 1. The third-order valence-corrected chi connectivity index (χ3v) is 5.02. The Bertz CT molecular complexity index is 883. The van der Waals surface area contributed by atoms with Crippen LogP contribution in [0.1, 0.15) is 12.0 Å². The summed E-state index contributed by atoms with van der Waals surface area (Å²) in [7, 11) is 4.77. The van der Waals surface area contributed by atoms with Crippen LogP contribution < -0.4 is 24.4 Å². The Hall–Kier alpha value is -3.22. The maximum atomic E-state index is 12.5. The van der Waals surface area contributed by atoms with Crippen molar-refractivity contribution in [2.75, 3.05) is 39.3 Å². The second-order valence-electron chi connectivity index (χ2n) is 6.84. The van der Waals surface area contributed by atoms with Crippen LogP contribution >= 0.6 is 0 Å². The van der Waals surface area contributed by atoms with Gasteiger partial charge in [-0.15, -0.1) is 0 Å². The first kappa shape index (κ1) is 20.5.